The standard InChI is InChI=1S/C17H22N2O2/c1-12(18)16-9-6-14(10-17(16)20)19(2)11-13-4-7-15(21-3)8-5-13/h4-10,12,20H,11,18H2,1-3H3. The fourth-order valence-corrected chi connectivity index (χ4v) is 2.25. The number of rotatable bonds is 5. The fraction of sp³-hybridized carbons (Fsp3) is 0.294. The van der Waals surface area contributed by atoms with Crippen LogP contribution in [0.4, 0.5) is 5.69 Å². The van der Waals surface area contributed by atoms with E-state index in [-0.39, 0.29) is 11.8 Å². The molecule has 0 fully saturated rings. The van der Waals surface area contributed by atoms with E-state index >= 15 is 0 Å². The SMILES string of the molecule is COc1ccc(CN(C)c2ccc(C(C)N)c(O)c2)cc1. The molecule has 3 N–H and O–H groups in total. The van der Waals surface area contributed by atoms with Crippen LogP contribution >= 0.6 is 0 Å². The first-order valence-corrected chi connectivity index (χ1v) is 6.94. The predicted octanol–water partition coefficient (Wildman–Crippen LogP) is 3.06. The molecule has 0 aliphatic heterocycles. The molecular formula is C17H22N2O2. The summed E-state index contributed by atoms with van der Waals surface area (Å²) < 4.78 is 5.15. The van der Waals surface area contributed by atoms with E-state index in [2.05, 4.69) is 4.90 Å². The van der Waals surface area contributed by atoms with Crippen molar-refractivity contribution in [2.45, 2.75) is 19.5 Å². The van der Waals surface area contributed by atoms with Crippen LogP contribution in [0.3, 0.4) is 0 Å². The van der Waals surface area contributed by atoms with Crippen LogP contribution in [0.25, 0.3) is 0 Å². The van der Waals surface area contributed by atoms with Gasteiger partial charge in [0.05, 0.1) is 7.11 Å². The number of ether oxygens (including phenoxy) is 1. The molecule has 0 saturated heterocycles. The van der Waals surface area contributed by atoms with Gasteiger partial charge in [0.15, 0.2) is 0 Å². The monoisotopic (exact) mass is 286 g/mol. The maximum absolute atomic E-state index is 10.0. The van der Waals surface area contributed by atoms with Crippen LogP contribution in [-0.2, 0) is 6.54 Å². The van der Waals surface area contributed by atoms with Crippen molar-refractivity contribution in [3.8, 4) is 11.5 Å². The molecular weight excluding hydrogens is 264 g/mol. The normalized spacial score (nSPS) is 12.0. The minimum absolute atomic E-state index is 0.175. The molecule has 0 aliphatic rings. The molecule has 112 valence electrons. The third kappa shape index (κ3) is 3.67. The quantitative estimate of drug-likeness (QED) is 0.887. The molecule has 2 aromatic rings. The molecule has 0 spiro atoms. The molecule has 2 aromatic carbocycles. The molecule has 4 heteroatoms. The van der Waals surface area contributed by atoms with Gasteiger partial charge in [-0.2, -0.15) is 0 Å². The first kappa shape index (κ1) is 15.2. The topological polar surface area (TPSA) is 58.7 Å². The Morgan fingerprint density at radius 3 is 2.38 bits per heavy atom. The summed E-state index contributed by atoms with van der Waals surface area (Å²) in [6, 6.07) is 13.4. The molecule has 0 aromatic heterocycles. The lowest BCUT2D eigenvalue weighted by Gasteiger charge is -2.21. The number of hydrogen-bond donors (Lipinski definition) is 2. The van der Waals surface area contributed by atoms with E-state index in [0.717, 1.165) is 23.5 Å². The van der Waals surface area contributed by atoms with Crippen molar-refractivity contribution in [1.29, 1.82) is 0 Å². The number of aromatic hydroxyl groups is 1. The summed E-state index contributed by atoms with van der Waals surface area (Å²) >= 11 is 0. The maximum atomic E-state index is 10.0. The summed E-state index contributed by atoms with van der Waals surface area (Å²) in [7, 11) is 3.65. The van der Waals surface area contributed by atoms with Gasteiger partial charge in [-0.3, -0.25) is 0 Å². The molecule has 4 nitrogen and oxygen atoms in total. The van der Waals surface area contributed by atoms with E-state index in [9.17, 15) is 5.11 Å². The maximum Gasteiger partial charge on any atom is 0.122 e. The Morgan fingerprint density at radius 2 is 1.86 bits per heavy atom. The van der Waals surface area contributed by atoms with Gasteiger partial charge in [0.2, 0.25) is 0 Å². The fourth-order valence-electron chi connectivity index (χ4n) is 2.25. The molecule has 1 atom stereocenters. The highest BCUT2D eigenvalue weighted by Crippen LogP contribution is 2.28. The van der Waals surface area contributed by atoms with Crippen molar-refractivity contribution < 1.29 is 9.84 Å². The van der Waals surface area contributed by atoms with Gasteiger partial charge in [-0.05, 0) is 30.7 Å². The average Bonchev–Trinajstić information content (AvgIpc) is 2.47. The second-order valence-corrected chi connectivity index (χ2v) is 5.24. The lowest BCUT2D eigenvalue weighted by molar-refractivity contribution is 0.414. The van der Waals surface area contributed by atoms with E-state index in [4.69, 9.17) is 10.5 Å². The van der Waals surface area contributed by atoms with Crippen molar-refractivity contribution in [3.05, 3.63) is 53.6 Å². The average molecular weight is 286 g/mol. The number of benzene rings is 2. The van der Waals surface area contributed by atoms with Crippen LogP contribution in [0.15, 0.2) is 42.5 Å². The van der Waals surface area contributed by atoms with Gasteiger partial charge in [-0.1, -0.05) is 18.2 Å². The molecule has 21 heavy (non-hydrogen) atoms. The van der Waals surface area contributed by atoms with Crippen LogP contribution in [0, 0.1) is 0 Å². The van der Waals surface area contributed by atoms with Crippen molar-refractivity contribution in [3.63, 3.8) is 0 Å². The van der Waals surface area contributed by atoms with E-state index < -0.39 is 0 Å². The number of phenolic OH excluding ortho intramolecular Hbond substituents is 1. The van der Waals surface area contributed by atoms with E-state index in [0.29, 0.717) is 0 Å². The zero-order chi connectivity index (χ0) is 15.4. The first-order valence-electron chi connectivity index (χ1n) is 6.94. The Labute approximate surface area is 125 Å². The van der Waals surface area contributed by atoms with Crippen LogP contribution in [0.1, 0.15) is 24.1 Å². The third-order valence-electron chi connectivity index (χ3n) is 3.52. The minimum Gasteiger partial charge on any atom is -0.508 e. The summed E-state index contributed by atoms with van der Waals surface area (Å²) in [6.45, 7) is 2.61. The van der Waals surface area contributed by atoms with Gasteiger partial charge < -0.3 is 20.5 Å². The van der Waals surface area contributed by atoms with Crippen LogP contribution in [0.5, 0.6) is 11.5 Å². The Bertz CT molecular complexity index is 594. The van der Waals surface area contributed by atoms with Crippen molar-refractivity contribution in [2.75, 3.05) is 19.1 Å². The first-order chi connectivity index (χ1) is 10.0. The molecule has 2 rings (SSSR count). The Kier molecular flexibility index (Phi) is 4.70. The van der Waals surface area contributed by atoms with Crippen molar-refractivity contribution in [1.82, 2.24) is 0 Å². The van der Waals surface area contributed by atoms with E-state index in [1.165, 1.54) is 5.56 Å². The number of nitrogens with zero attached hydrogens (tertiary/aromatic N) is 1. The summed E-state index contributed by atoms with van der Waals surface area (Å²) in [4.78, 5) is 2.08. The Morgan fingerprint density at radius 1 is 1.19 bits per heavy atom. The number of hydrogen-bond acceptors (Lipinski definition) is 4. The highest BCUT2D eigenvalue weighted by atomic mass is 16.5. The predicted molar refractivity (Wildman–Crippen MR) is 85.8 cm³/mol. The molecule has 0 aliphatic carbocycles. The molecule has 0 saturated carbocycles. The van der Waals surface area contributed by atoms with Crippen molar-refractivity contribution in [2.24, 2.45) is 5.73 Å². The number of nitrogens with two attached hydrogens (primary N) is 1. The van der Waals surface area contributed by atoms with E-state index in [1.54, 1.807) is 13.2 Å². The van der Waals surface area contributed by atoms with Crippen LogP contribution < -0.4 is 15.4 Å². The number of anilines is 1. The molecule has 0 radical (unpaired) electrons. The van der Waals surface area contributed by atoms with Gasteiger partial charge in [-0.25, -0.2) is 0 Å². The molecule has 1 unspecified atom stereocenters. The lowest BCUT2D eigenvalue weighted by Crippen LogP contribution is -2.16. The zero-order valence-electron chi connectivity index (χ0n) is 12.7. The Balaban J connectivity index is 2.12. The molecule has 0 heterocycles. The van der Waals surface area contributed by atoms with Gasteiger partial charge >= 0.3 is 0 Å². The third-order valence-corrected chi connectivity index (χ3v) is 3.52. The van der Waals surface area contributed by atoms with Crippen LogP contribution in [-0.4, -0.2) is 19.3 Å². The second-order valence-electron chi connectivity index (χ2n) is 5.24. The van der Waals surface area contributed by atoms with Gasteiger partial charge in [0.25, 0.3) is 0 Å². The zero-order valence-corrected chi connectivity index (χ0v) is 12.7. The van der Waals surface area contributed by atoms with E-state index in [1.807, 2.05) is 50.4 Å². The number of phenols is 1. The van der Waals surface area contributed by atoms with Gasteiger partial charge in [0.1, 0.15) is 11.5 Å². The van der Waals surface area contributed by atoms with Gasteiger partial charge in [0, 0.05) is 37.0 Å². The summed E-state index contributed by atoms with van der Waals surface area (Å²) in [5.41, 5.74) is 8.69. The molecule has 0 amide bonds. The Hall–Kier alpha value is -2.20. The minimum atomic E-state index is -0.175. The number of methoxy groups -OCH3 is 1. The smallest absolute Gasteiger partial charge is 0.122 e. The summed E-state index contributed by atoms with van der Waals surface area (Å²) in [5.74, 6) is 1.09. The summed E-state index contributed by atoms with van der Waals surface area (Å²) in [5, 5.41) is 10.0. The largest absolute Gasteiger partial charge is 0.508 e. The highest BCUT2D eigenvalue weighted by Gasteiger charge is 2.09. The second kappa shape index (κ2) is 6.50. The van der Waals surface area contributed by atoms with Crippen molar-refractivity contribution >= 4 is 5.69 Å². The molecule has 0 bridgehead atoms. The van der Waals surface area contributed by atoms with Gasteiger partial charge in [-0.15, -0.1) is 0 Å². The summed E-state index contributed by atoms with van der Waals surface area (Å²) in [6.07, 6.45) is 0. The lowest BCUT2D eigenvalue weighted by atomic mass is 10.1. The van der Waals surface area contributed by atoms with Crippen LogP contribution in [0.2, 0.25) is 0 Å². The highest BCUT2D eigenvalue weighted by molar-refractivity contribution is 5.54.